The summed E-state index contributed by atoms with van der Waals surface area (Å²) in [4.78, 5) is 15.3. The Morgan fingerprint density at radius 2 is 1.78 bits per heavy atom. The maximum atomic E-state index is 10.7. The van der Waals surface area contributed by atoms with Gasteiger partial charge in [-0.15, -0.1) is 0 Å². The van der Waals surface area contributed by atoms with Crippen molar-refractivity contribution in [1.82, 2.24) is 4.98 Å². The summed E-state index contributed by atoms with van der Waals surface area (Å²) in [6.45, 7) is 10.5. The maximum absolute atomic E-state index is 10.7. The Bertz CT molecular complexity index is 1070. The van der Waals surface area contributed by atoms with E-state index in [9.17, 15) is 4.79 Å². The minimum absolute atomic E-state index is 0.0696. The Balaban J connectivity index is 0.00000334. The Labute approximate surface area is 221 Å². The van der Waals surface area contributed by atoms with Gasteiger partial charge in [-0.1, -0.05) is 39.8 Å². The van der Waals surface area contributed by atoms with Gasteiger partial charge in [0.15, 0.2) is 11.5 Å². The number of aliphatic carboxylic acids is 1. The molecular weight excluding hydrogens is 468 g/mol. The summed E-state index contributed by atoms with van der Waals surface area (Å²) >= 11 is 0. The third kappa shape index (κ3) is 10.4. The van der Waals surface area contributed by atoms with Crippen LogP contribution < -0.4 is 14.8 Å². The molecule has 0 aliphatic rings. The molecule has 1 aromatic heterocycles. The Morgan fingerprint density at radius 1 is 1.05 bits per heavy atom. The van der Waals surface area contributed by atoms with Crippen LogP contribution in [0.3, 0.4) is 0 Å². The molecule has 0 saturated carbocycles. The summed E-state index contributed by atoms with van der Waals surface area (Å²) in [7, 11) is 3.27. The van der Waals surface area contributed by atoms with Crippen molar-refractivity contribution >= 4 is 11.8 Å². The quantitative estimate of drug-likeness (QED) is 0.154. The van der Waals surface area contributed by atoms with Gasteiger partial charge in [0, 0.05) is 30.0 Å². The monoisotopic (exact) mass is 510 g/mol. The molecule has 2 rings (SSSR count). The van der Waals surface area contributed by atoms with Crippen LogP contribution in [-0.2, 0) is 9.53 Å². The fourth-order valence-corrected chi connectivity index (χ4v) is 3.44. The van der Waals surface area contributed by atoms with Gasteiger partial charge in [0.25, 0.3) is 0 Å². The van der Waals surface area contributed by atoms with Crippen LogP contribution in [0.5, 0.6) is 11.5 Å². The summed E-state index contributed by atoms with van der Waals surface area (Å²) < 4.78 is 16.7. The van der Waals surface area contributed by atoms with Gasteiger partial charge in [0.1, 0.15) is 11.6 Å². The van der Waals surface area contributed by atoms with E-state index in [-0.39, 0.29) is 6.42 Å². The fraction of sp³-hybridized carbons (Fsp3) is 0.400. The molecule has 0 unspecified atom stereocenters. The largest absolute Gasteiger partial charge is 0.496 e. The van der Waals surface area contributed by atoms with E-state index in [2.05, 4.69) is 42.4 Å². The molecule has 7 nitrogen and oxygen atoms in total. The number of carboxylic acids is 1. The zero-order valence-corrected chi connectivity index (χ0v) is 23.3. The number of rotatable bonds is 14. The summed E-state index contributed by atoms with van der Waals surface area (Å²) in [5.74, 6) is 1.96. The Kier molecular flexibility index (Phi) is 14.9. The molecule has 0 saturated heterocycles. The minimum atomic E-state index is -0.835. The first-order valence-electron chi connectivity index (χ1n) is 12.8. The molecule has 0 spiro atoms. The second-order valence-corrected chi connectivity index (χ2v) is 7.83. The van der Waals surface area contributed by atoms with Crippen LogP contribution in [0.15, 0.2) is 66.2 Å². The lowest BCUT2D eigenvalue weighted by Crippen LogP contribution is -2.03. The molecule has 37 heavy (non-hydrogen) atoms. The van der Waals surface area contributed by atoms with Gasteiger partial charge in [-0.2, -0.15) is 0 Å². The predicted octanol–water partition coefficient (Wildman–Crippen LogP) is 7.54. The molecule has 202 valence electrons. The van der Waals surface area contributed by atoms with Crippen molar-refractivity contribution in [3.05, 3.63) is 71.8 Å². The maximum Gasteiger partial charge on any atom is 0.303 e. The van der Waals surface area contributed by atoms with Crippen LogP contribution in [0.1, 0.15) is 58.9 Å². The van der Waals surface area contributed by atoms with Crippen LogP contribution in [0.4, 0.5) is 5.82 Å². The number of hydrogen-bond acceptors (Lipinski definition) is 6. The first-order chi connectivity index (χ1) is 17.9. The van der Waals surface area contributed by atoms with Crippen molar-refractivity contribution in [1.29, 1.82) is 0 Å². The smallest absolute Gasteiger partial charge is 0.303 e. The predicted molar refractivity (Wildman–Crippen MR) is 151 cm³/mol. The van der Waals surface area contributed by atoms with E-state index < -0.39 is 5.97 Å². The minimum Gasteiger partial charge on any atom is -0.496 e. The number of methoxy groups -OCH3 is 2. The van der Waals surface area contributed by atoms with Crippen LogP contribution in [0, 0.1) is 6.92 Å². The number of nitrogens with one attached hydrogen (secondary N) is 1. The van der Waals surface area contributed by atoms with Crippen LogP contribution >= 0.6 is 0 Å². The van der Waals surface area contributed by atoms with Crippen LogP contribution in [0.2, 0.25) is 0 Å². The van der Waals surface area contributed by atoms with Gasteiger partial charge in [-0.25, -0.2) is 4.98 Å². The number of carboxylic acid groups (broad SMARTS) is 1. The number of allylic oxidation sites excluding steroid dienone is 3. The highest BCUT2D eigenvalue weighted by Crippen LogP contribution is 2.33. The van der Waals surface area contributed by atoms with E-state index in [4.69, 9.17) is 19.3 Å². The number of aromatic nitrogens is 1. The molecule has 0 amide bonds. The molecule has 1 aromatic carbocycles. The SMILES string of the molecule is CC.CC/C=C(/C=C/Nc1ncc(-c2ccc(OCCCC(=O)O)c(OC)c2)cc1C)C(=C/CC)\OC. The average molecular weight is 511 g/mol. The number of pyridine rings is 1. The highest BCUT2D eigenvalue weighted by Gasteiger charge is 2.10. The van der Waals surface area contributed by atoms with Gasteiger partial charge in [0.2, 0.25) is 0 Å². The molecule has 0 fully saturated rings. The van der Waals surface area contributed by atoms with Crippen molar-refractivity contribution < 1.29 is 24.1 Å². The topological polar surface area (TPSA) is 89.9 Å². The van der Waals surface area contributed by atoms with Gasteiger partial charge in [-0.05, 0) is 67.7 Å². The number of carbonyl (C=O) groups is 1. The van der Waals surface area contributed by atoms with Crippen molar-refractivity contribution in [2.45, 2.75) is 60.3 Å². The molecule has 7 heteroatoms. The van der Waals surface area contributed by atoms with Crippen molar-refractivity contribution in [2.75, 3.05) is 26.1 Å². The van der Waals surface area contributed by atoms with E-state index in [1.807, 2.05) is 57.4 Å². The summed E-state index contributed by atoms with van der Waals surface area (Å²) in [6, 6.07) is 7.72. The van der Waals surface area contributed by atoms with Crippen molar-refractivity contribution in [2.24, 2.45) is 0 Å². The second-order valence-electron chi connectivity index (χ2n) is 7.83. The molecule has 0 atom stereocenters. The van der Waals surface area contributed by atoms with Crippen LogP contribution in [-0.4, -0.2) is 36.9 Å². The van der Waals surface area contributed by atoms with E-state index in [1.165, 1.54) is 0 Å². The standard InChI is InChI=1S/C28H36N2O5.C2H6/c1-6-9-21(24(33-4)10-7-2)14-15-29-28-20(3)17-23(19-30-28)22-12-13-25(26(18-22)34-5)35-16-8-11-27(31)32;1-2/h9-10,12-15,17-19H,6-8,11,16H2,1-5H3,(H,29,30)(H,31,32);1-2H3/b15-14+,21-9-,24-10+;. The molecule has 2 aromatic rings. The van der Waals surface area contributed by atoms with Crippen molar-refractivity contribution in [3.63, 3.8) is 0 Å². The average Bonchev–Trinajstić information content (AvgIpc) is 2.91. The lowest BCUT2D eigenvalue weighted by atomic mass is 10.1. The van der Waals surface area contributed by atoms with E-state index in [0.717, 1.165) is 46.7 Å². The number of hydrogen-bond donors (Lipinski definition) is 2. The highest BCUT2D eigenvalue weighted by atomic mass is 16.5. The molecule has 0 aliphatic carbocycles. The first-order valence-corrected chi connectivity index (χ1v) is 12.8. The third-order valence-electron chi connectivity index (χ3n) is 5.17. The van der Waals surface area contributed by atoms with Gasteiger partial charge < -0.3 is 24.6 Å². The highest BCUT2D eigenvalue weighted by molar-refractivity contribution is 5.69. The zero-order valence-electron chi connectivity index (χ0n) is 23.3. The Hall–Kier alpha value is -3.74. The molecule has 1 heterocycles. The van der Waals surface area contributed by atoms with E-state index in [0.29, 0.717) is 24.5 Å². The second kappa shape index (κ2) is 17.7. The van der Waals surface area contributed by atoms with Crippen LogP contribution in [0.25, 0.3) is 11.1 Å². The molecule has 2 N–H and O–H groups in total. The first kappa shape index (κ1) is 31.3. The number of ether oxygens (including phenoxy) is 3. The fourth-order valence-electron chi connectivity index (χ4n) is 3.44. The third-order valence-corrected chi connectivity index (χ3v) is 5.17. The molecule has 0 aliphatic heterocycles. The number of anilines is 1. The summed E-state index contributed by atoms with van der Waals surface area (Å²) in [5, 5.41) is 12.0. The normalized spacial score (nSPS) is 11.5. The summed E-state index contributed by atoms with van der Waals surface area (Å²) in [6.07, 6.45) is 12.2. The Morgan fingerprint density at radius 3 is 2.38 bits per heavy atom. The number of nitrogens with zero attached hydrogens (tertiary/aromatic N) is 1. The van der Waals surface area contributed by atoms with E-state index in [1.54, 1.807) is 14.2 Å². The van der Waals surface area contributed by atoms with E-state index >= 15 is 0 Å². The van der Waals surface area contributed by atoms with Crippen molar-refractivity contribution in [3.8, 4) is 22.6 Å². The van der Waals surface area contributed by atoms with Gasteiger partial charge in [-0.3, -0.25) is 4.79 Å². The van der Waals surface area contributed by atoms with Gasteiger partial charge >= 0.3 is 5.97 Å². The lowest BCUT2D eigenvalue weighted by Gasteiger charge is -2.13. The molecular formula is C30H42N2O5. The number of aryl methyl sites for hydroxylation is 1. The molecule has 0 radical (unpaired) electrons. The summed E-state index contributed by atoms with van der Waals surface area (Å²) in [5.41, 5.74) is 3.92. The number of benzene rings is 1. The lowest BCUT2D eigenvalue weighted by molar-refractivity contribution is -0.137. The van der Waals surface area contributed by atoms with Gasteiger partial charge in [0.05, 0.1) is 20.8 Å². The molecule has 0 bridgehead atoms. The zero-order chi connectivity index (χ0) is 27.6.